The Bertz CT molecular complexity index is 1560. The summed E-state index contributed by atoms with van der Waals surface area (Å²) >= 11 is 0. The van der Waals surface area contributed by atoms with Gasteiger partial charge in [0.2, 0.25) is 0 Å². The van der Waals surface area contributed by atoms with Crippen molar-refractivity contribution in [3.05, 3.63) is 119 Å². The second-order valence-corrected chi connectivity index (χ2v) is 9.64. The third kappa shape index (κ3) is 4.36. The van der Waals surface area contributed by atoms with Gasteiger partial charge in [-0.3, -0.25) is 14.5 Å². The number of para-hydroxylation sites is 2. The largest absolute Gasteiger partial charge is 0.493 e. The van der Waals surface area contributed by atoms with E-state index in [9.17, 15) is 9.59 Å². The number of hydrogen-bond donors (Lipinski definition) is 1. The molecule has 1 aliphatic heterocycles. The number of hydrogen-bond acceptors (Lipinski definition) is 6. The number of allylic oxidation sites excluding steroid dienone is 1. The van der Waals surface area contributed by atoms with Crippen LogP contribution in [0.2, 0.25) is 0 Å². The van der Waals surface area contributed by atoms with Gasteiger partial charge >= 0.3 is 0 Å². The Morgan fingerprint density at radius 1 is 0.897 bits per heavy atom. The van der Waals surface area contributed by atoms with Crippen LogP contribution in [-0.4, -0.2) is 25.9 Å². The molecule has 0 spiro atoms. The van der Waals surface area contributed by atoms with Gasteiger partial charge in [0.05, 0.1) is 37.9 Å². The third-order valence-corrected chi connectivity index (χ3v) is 7.40. The fraction of sp³-hybridized carbons (Fsp3) is 0.188. The lowest BCUT2D eigenvalue weighted by Crippen LogP contribution is -2.38. The SMILES string of the molecule is COc1ccc(C2C3=C(CC(c4ccco4)CC3=O)Nc3ccccc3N2C(=O)c2ccccc2)cc1OC. The summed E-state index contributed by atoms with van der Waals surface area (Å²) in [5.74, 6) is 1.51. The van der Waals surface area contributed by atoms with E-state index < -0.39 is 6.04 Å². The lowest BCUT2D eigenvalue weighted by Gasteiger charge is -2.35. The second kappa shape index (κ2) is 10.2. The van der Waals surface area contributed by atoms with Crippen LogP contribution in [0.5, 0.6) is 11.5 Å². The first-order chi connectivity index (χ1) is 19.1. The number of benzene rings is 3. The van der Waals surface area contributed by atoms with E-state index in [-0.39, 0.29) is 24.0 Å². The number of nitrogens with one attached hydrogen (secondary N) is 1. The average molecular weight is 521 g/mol. The van der Waals surface area contributed by atoms with Gasteiger partial charge in [-0.05, 0) is 60.5 Å². The molecule has 1 aliphatic carbocycles. The summed E-state index contributed by atoms with van der Waals surface area (Å²) in [6.45, 7) is 0. The number of methoxy groups -OCH3 is 2. The average Bonchev–Trinajstić information content (AvgIpc) is 3.47. The van der Waals surface area contributed by atoms with Gasteiger partial charge < -0.3 is 19.2 Å². The monoisotopic (exact) mass is 520 g/mol. The van der Waals surface area contributed by atoms with Crippen LogP contribution in [0.3, 0.4) is 0 Å². The Balaban J connectivity index is 1.59. The van der Waals surface area contributed by atoms with E-state index in [0.29, 0.717) is 34.7 Å². The number of anilines is 2. The highest BCUT2D eigenvalue weighted by Gasteiger charge is 2.42. The molecule has 6 rings (SSSR count). The zero-order valence-electron chi connectivity index (χ0n) is 21.7. The number of ether oxygens (including phenoxy) is 2. The summed E-state index contributed by atoms with van der Waals surface area (Å²) in [7, 11) is 3.15. The van der Waals surface area contributed by atoms with E-state index in [0.717, 1.165) is 22.7 Å². The predicted octanol–water partition coefficient (Wildman–Crippen LogP) is 6.51. The van der Waals surface area contributed by atoms with Crippen molar-refractivity contribution in [3.63, 3.8) is 0 Å². The van der Waals surface area contributed by atoms with Gasteiger partial charge in [0, 0.05) is 29.2 Å². The summed E-state index contributed by atoms with van der Waals surface area (Å²) < 4.78 is 16.8. The van der Waals surface area contributed by atoms with Crippen LogP contribution in [0.15, 0.2) is 107 Å². The highest BCUT2D eigenvalue weighted by atomic mass is 16.5. The van der Waals surface area contributed by atoms with Gasteiger partial charge in [0.15, 0.2) is 17.3 Å². The lowest BCUT2D eigenvalue weighted by molar-refractivity contribution is -0.116. The maximum Gasteiger partial charge on any atom is 0.259 e. The van der Waals surface area contributed by atoms with Crippen LogP contribution in [0, 0.1) is 0 Å². The van der Waals surface area contributed by atoms with Crippen molar-refractivity contribution < 1.29 is 23.5 Å². The lowest BCUT2D eigenvalue weighted by atomic mass is 9.80. The quantitative estimate of drug-likeness (QED) is 0.323. The molecule has 0 saturated heterocycles. The highest BCUT2D eigenvalue weighted by molar-refractivity contribution is 6.12. The number of nitrogens with zero attached hydrogens (tertiary/aromatic N) is 1. The molecule has 7 nitrogen and oxygen atoms in total. The summed E-state index contributed by atoms with van der Waals surface area (Å²) in [6, 6.07) is 25.4. The van der Waals surface area contributed by atoms with Crippen molar-refractivity contribution in [2.75, 3.05) is 24.4 Å². The fourth-order valence-electron chi connectivity index (χ4n) is 5.60. The van der Waals surface area contributed by atoms with Gasteiger partial charge in [-0.15, -0.1) is 0 Å². The number of carbonyl (C=O) groups excluding carboxylic acids is 2. The molecular weight excluding hydrogens is 492 g/mol. The van der Waals surface area contributed by atoms with Crippen molar-refractivity contribution in [2.45, 2.75) is 24.8 Å². The molecule has 39 heavy (non-hydrogen) atoms. The topological polar surface area (TPSA) is 81.0 Å². The Morgan fingerprint density at radius 3 is 2.41 bits per heavy atom. The molecule has 1 amide bonds. The van der Waals surface area contributed by atoms with Crippen LogP contribution < -0.4 is 19.7 Å². The van der Waals surface area contributed by atoms with E-state index in [4.69, 9.17) is 13.9 Å². The first-order valence-electron chi connectivity index (χ1n) is 12.8. The summed E-state index contributed by atoms with van der Waals surface area (Å²) in [4.78, 5) is 30.1. The van der Waals surface area contributed by atoms with E-state index in [2.05, 4.69) is 5.32 Å². The van der Waals surface area contributed by atoms with Crippen molar-refractivity contribution in [1.29, 1.82) is 0 Å². The van der Waals surface area contributed by atoms with Gasteiger partial charge in [-0.1, -0.05) is 36.4 Å². The third-order valence-electron chi connectivity index (χ3n) is 7.40. The standard InChI is InChI=1S/C32H28N2O5/c1-37-28-15-14-21(19-29(28)38-2)31-30-24(17-22(18-26(30)35)27-13-8-16-39-27)33-23-11-6-7-12-25(23)34(31)32(36)20-9-4-3-5-10-20/h3-16,19,22,31,33H,17-18H2,1-2H3. The molecule has 4 aromatic rings. The fourth-order valence-corrected chi connectivity index (χ4v) is 5.60. The van der Waals surface area contributed by atoms with Crippen LogP contribution in [-0.2, 0) is 4.79 Å². The number of fused-ring (bicyclic) bond motifs is 1. The van der Waals surface area contributed by atoms with Crippen LogP contribution in [0.25, 0.3) is 0 Å². The van der Waals surface area contributed by atoms with Gasteiger partial charge in [0.1, 0.15) is 5.76 Å². The summed E-state index contributed by atoms with van der Waals surface area (Å²) in [6.07, 6.45) is 2.48. The molecular formula is C32H28N2O5. The highest BCUT2D eigenvalue weighted by Crippen LogP contribution is 2.48. The Kier molecular flexibility index (Phi) is 6.40. The van der Waals surface area contributed by atoms with E-state index in [1.165, 1.54) is 0 Å². The van der Waals surface area contributed by atoms with Crippen molar-refractivity contribution in [2.24, 2.45) is 0 Å². The number of furan rings is 1. The van der Waals surface area contributed by atoms with Gasteiger partial charge in [-0.25, -0.2) is 0 Å². The summed E-state index contributed by atoms with van der Waals surface area (Å²) in [5.41, 5.74) is 4.05. The van der Waals surface area contributed by atoms with Gasteiger partial charge in [0.25, 0.3) is 5.91 Å². The minimum Gasteiger partial charge on any atom is -0.493 e. The molecule has 0 saturated carbocycles. The first kappa shape index (κ1) is 24.6. The molecule has 196 valence electrons. The van der Waals surface area contributed by atoms with E-state index in [1.807, 2.05) is 72.8 Å². The Labute approximate surface area is 226 Å². The molecule has 7 heteroatoms. The number of Topliss-reactive ketones (excluding diaryl/α,β-unsaturated/α-hetero) is 1. The van der Waals surface area contributed by atoms with Gasteiger partial charge in [-0.2, -0.15) is 0 Å². The number of rotatable bonds is 5. The van der Waals surface area contributed by atoms with Crippen LogP contribution in [0.1, 0.15) is 46.5 Å². The normalized spacial score (nSPS) is 18.5. The minimum absolute atomic E-state index is 0.0383. The number of ketones is 1. The molecule has 0 radical (unpaired) electrons. The Hall–Kier alpha value is -4.78. The van der Waals surface area contributed by atoms with Crippen molar-refractivity contribution in [1.82, 2.24) is 0 Å². The maximum absolute atomic E-state index is 14.3. The molecule has 0 fully saturated rings. The molecule has 1 aromatic heterocycles. The molecule has 0 bridgehead atoms. The zero-order valence-corrected chi connectivity index (χ0v) is 21.7. The van der Waals surface area contributed by atoms with Crippen molar-refractivity contribution >= 4 is 23.1 Å². The number of carbonyl (C=O) groups is 2. The molecule has 2 atom stereocenters. The number of amides is 1. The maximum atomic E-state index is 14.3. The zero-order chi connectivity index (χ0) is 26.9. The van der Waals surface area contributed by atoms with Crippen molar-refractivity contribution in [3.8, 4) is 11.5 Å². The molecule has 2 heterocycles. The molecule has 3 aromatic carbocycles. The van der Waals surface area contributed by atoms with E-state index >= 15 is 0 Å². The molecule has 2 aliphatic rings. The van der Waals surface area contributed by atoms with Crippen LogP contribution >= 0.6 is 0 Å². The minimum atomic E-state index is -0.700. The Morgan fingerprint density at radius 2 is 1.67 bits per heavy atom. The molecule has 2 unspecified atom stereocenters. The first-order valence-corrected chi connectivity index (χ1v) is 12.8. The smallest absolute Gasteiger partial charge is 0.259 e. The second-order valence-electron chi connectivity index (χ2n) is 9.64. The summed E-state index contributed by atoms with van der Waals surface area (Å²) in [5, 5.41) is 3.54. The molecule has 1 N–H and O–H groups in total. The predicted molar refractivity (Wildman–Crippen MR) is 148 cm³/mol. The van der Waals surface area contributed by atoms with E-state index in [1.54, 1.807) is 37.5 Å². The van der Waals surface area contributed by atoms with Crippen LogP contribution in [0.4, 0.5) is 11.4 Å².